The fourth-order valence-corrected chi connectivity index (χ4v) is 4.34. The van der Waals surface area contributed by atoms with Gasteiger partial charge in [-0.3, -0.25) is 0 Å². The molecule has 1 fully saturated rings. The lowest BCUT2D eigenvalue weighted by Gasteiger charge is -2.37. The molecule has 0 saturated carbocycles. The van der Waals surface area contributed by atoms with Gasteiger partial charge in [-0.1, -0.05) is 18.7 Å². The van der Waals surface area contributed by atoms with Crippen LogP contribution in [-0.4, -0.2) is 62.7 Å². The minimum atomic E-state index is -0.396. The molecule has 2 heterocycles. The number of rotatable bonds is 9. The molecule has 2 atom stereocenters. The lowest BCUT2D eigenvalue weighted by molar-refractivity contribution is 0.0314. The molecule has 2 aliphatic heterocycles. The predicted molar refractivity (Wildman–Crippen MR) is 121 cm³/mol. The van der Waals surface area contributed by atoms with Crippen LogP contribution < -0.4 is 9.47 Å². The fourth-order valence-electron chi connectivity index (χ4n) is 4.34. The fraction of sp³-hybridized carbons (Fsp3) is 0.560. The Labute approximate surface area is 185 Å². The zero-order valence-electron chi connectivity index (χ0n) is 18.6. The Bertz CT molecular complexity index is 830. The Kier molecular flexibility index (Phi) is 8.53. The number of aliphatic hydroxyl groups is 1. The molecule has 6 nitrogen and oxygen atoms in total. The Morgan fingerprint density at radius 2 is 2.10 bits per heavy atom. The SMILES string of the molecule is C=C(CCC(=C)[C@@H]1CCN(CCCOC)CC1O)c1cc(C#N)cc2c1OCCCO2. The molecule has 0 amide bonds. The van der Waals surface area contributed by atoms with Gasteiger partial charge in [-0.05, 0) is 43.9 Å². The molecule has 168 valence electrons. The number of nitriles is 1. The Balaban J connectivity index is 1.59. The maximum atomic E-state index is 10.7. The van der Waals surface area contributed by atoms with Crippen molar-refractivity contribution < 1.29 is 19.3 Å². The third-order valence-corrected chi connectivity index (χ3v) is 6.12. The molecule has 2 aliphatic rings. The first kappa shape index (κ1) is 23.3. The van der Waals surface area contributed by atoms with E-state index in [0.29, 0.717) is 43.2 Å². The molecule has 0 bridgehead atoms. The Hall–Kier alpha value is -2.33. The summed E-state index contributed by atoms with van der Waals surface area (Å²) in [6, 6.07) is 5.75. The van der Waals surface area contributed by atoms with Gasteiger partial charge in [0.15, 0.2) is 11.5 Å². The number of hydrogen-bond acceptors (Lipinski definition) is 6. The first-order valence-electron chi connectivity index (χ1n) is 11.1. The second kappa shape index (κ2) is 11.3. The number of allylic oxidation sites excluding steroid dienone is 1. The molecule has 1 saturated heterocycles. The minimum absolute atomic E-state index is 0.105. The minimum Gasteiger partial charge on any atom is -0.489 e. The summed E-state index contributed by atoms with van der Waals surface area (Å²) in [5.74, 6) is 1.40. The molecule has 0 radical (unpaired) electrons. The van der Waals surface area contributed by atoms with E-state index in [1.807, 2.05) is 6.07 Å². The van der Waals surface area contributed by atoms with Crippen LogP contribution in [0.4, 0.5) is 0 Å². The van der Waals surface area contributed by atoms with Gasteiger partial charge < -0.3 is 24.2 Å². The quantitative estimate of drug-likeness (QED) is 0.478. The molecule has 0 aliphatic carbocycles. The Morgan fingerprint density at radius 1 is 1.29 bits per heavy atom. The zero-order chi connectivity index (χ0) is 22.2. The van der Waals surface area contributed by atoms with Crippen LogP contribution in [0, 0.1) is 17.2 Å². The van der Waals surface area contributed by atoms with Crippen LogP contribution in [0.5, 0.6) is 11.5 Å². The third kappa shape index (κ3) is 6.10. The van der Waals surface area contributed by atoms with Crippen LogP contribution in [-0.2, 0) is 4.74 Å². The molecule has 1 unspecified atom stereocenters. The van der Waals surface area contributed by atoms with E-state index in [0.717, 1.165) is 62.1 Å². The van der Waals surface area contributed by atoms with E-state index in [2.05, 4.69) is 24.1 Å². The van der Waals surface area contributed by atoms with Gasteiger partial charge in [0, 0.05) is 50.8 Å². The van der Waals surface area contributed by atoms with Gasteiger partial charge >= 0.3 is 0 Å². The molecule has 0 aromatic heterocycles. The molecule has 1 aromatic carbocycles. The third-order valence-electron chi connectivity index (χ3n) is 6.12. The van der Waals surface area contributed by atoms with Crippen LogP contribution in [0.15, 0.2) is 30.9 Å². The second-order valence-electron chi connectivity index (χ2n) is 8.38. The molecule has 0 spiro atoms. The average molecular weight is 427 g/mol. The highest BCUT2D eigenvalue weighted by atomic mass is 16.5. The standard InChI is InChI=1S/C25H34N2O4/c1-18(21-8-10-27(17-23(21)28)9-4-11-29-3)6-7-19(2)22-14-20(16-26)15-24-25(22)31-13-5-12-30-24/h14-15,21,23,28H,1-2,4-13,17H2,3H3/t21-,23?/m0/s1. The summed E-state index contributed by atoms with van der Waals surface area (Å²) in [4.78, 5) is 2.30. The van der Waals surface area contributed by atoms with Gasteiger partial charge in [-0.2, -0.15) is 5.26 Å². The summed E-state index contributed by atoms with van der Waals surface area (Å²) in [7, 11) is 1.71. The topological polar surface area (TPSA) is 75.0 Å². The highest BCUT2D eigenvalue weighted by Gasteiger charge is 2.29. The summed E-state index contributed by atoms with van der Waals surface area (Å²) in [5, 5.41) is 20.1. The second-order valence-corrected chi connectivity index (χ2v) is 8.38. The highest BCUT2D eigenvalue weighted by Crippen LogP contribution is 2.40. The van der Waals surface area contributed by atoms with Gasteiger partial charge in [0.25, 0.3) is 0 Å². The highest BCUT2D eigenvalue weighted by molar-refractivity contribution is 5.73. The van der Waals surface area contributed by atoms with E-state index in [1.165, 1.54) is 0 Å². The van der Waals surface area contributed by atoms with E-state index in [1.54, 1.807) is 13.2 Å². The van der Waals surface area contributed by atoms with Crippen molar-refractivity contribution in [3.8, 4) is 17.6 Å². The van der Waals surface area contributed by atoms with E-state index < -0.39 is 6.10 Å². The number of piperidine rings is 1. The summed E-state index contributed by atoms with van der Waals surface area (Å²) in [6.07, 6.45) is 3.75. The lowest BCUT2D eigenvalue weighted by atomic mass is 9.84. The van der Waals surface area contributed by atoms with Crippen molar-refractivity contribution in [1.82, 2.24) is 4.90 Å². The van der Waals surface area contributed by atoms with Gasteiger partial charge in [0.1, 0.15) is 0 Å². The molecule has 6 heteroatoms. The smallest absolute Gasteiger partial charge is 0.168 e. The maximum absolute atomic E-state index is 10.7. The maximum Gasteiger partial charge on any atom is 0.168 e. The average Bonchev–Trinajstić information content (AvgIpc) is 3.02. The first-order chi connectivity index (χ1) is 15.0. The predicted octanol–water partition coefficient (Wildman–Crippen LogP) is 3.79. The number of ether oxygens (including phenoxy) is 3. The van der Waals surface area contributed by atoms with E-state index in [9.17, 15) is 10.4 Å². The summed E-state index contributed by atoms with van der Waals surface area (Å²) in [6.45, 7) is 13.0. The summed E-state index contributed by atoms with van der Waals surface area (Å²) < 4.78 is 16.8. The number of likely N-dealkylation sites (tertiary alicyclic amines) is 1. The summed E-state index contributed by atoms with van der Waals surface area (Å²) >= 11 is 0. The van der Waals surface area contributed by atoms with E-state index in [-0.39, 0.29) is 5.92 Å². The molecule has 1 aromatic rings. The van der Waals surface area contributed by atoms with E-state index in [4.69, 9.17) is 14.2 Å². The molecule has 3 rings (SSSR count). The summed E-state index contributed by atoms with van der Waals surface area (Å²) in [5.41, 5.74) is 3.32. The van der Waals surface area contributed by atoms with Gasteiger partial charge in [-0.25, -0.2) is 0 Å². The zero-order valence-corrected chi connectivity index (χ0v) is 18.6. The number of β-amino-alcohol motifs (C(OH)–C–C–N with tert-alkyl or cyclic N) is 1. The first-order valence-corrected chi connectivity index (χ1v) is 11.1. The van der Waals surface area contributed by atoms with Crippen molar-refractivity contribution in [1.29, 1.82) is 5.26 Å². The number of fused-ring (bicyclic) bond motifs is 1. The van der Waals surface area contributed by atoms with Crippen LogP contribution in [0.3, 0.4) is 0 Å². The Morgan fingerprint density at radius 3 is 2.84 bits per heavy atom. The van der Waals surface area contributed by atoms with Crippen LogP contribution in [0.2, 0.25) is 0 Å². The van der Waals surface area contributed by atoms with E-state index >= 15 is 0 Å². The normalized spacial score (nSPS) is 21.2. The van der Waals surface area contributed by atoms with Gasteiger partial charge in [0.05, 0.1) is 31.0 Å². The van der Waals surface area contributed by atoms with Crippen LogP contribution in [0.25, 0.3) is 5.57 Å². The number of nitrogens with zero attached hydrogens (tertiary/aromatic N) is 2. The van der Waals surface area contributed by atoms with Crippen molar-refractivity contribution in [2.75, 3.05) is 46.6 Å². The van der Waals surface area contributed by atoms with Crippen LogP contribution in [0.1, 0.15) is 43.2 Å². The van der Waals surface area contributed by atoms with Crippen molar-refractivity contribution >= 4 is 5.57 Å². The largest absolute Gasteiger partial charge is 0.489 e. The van der Waals surface area contributed by atoms with Crippen LogP contribution >= 0.6 is 0 Å². The molecular weight excluding hydrogens is 392 g/mol. The lowest BCUT2D eigenvalue weighted by Crippen LogP contribution is -2.44. The van der Waals surface area contributed by atoms with Crippen molar-refractivity contribution in [3.63, 3.8) is 0 Å². The van der Waals surface area contributed by atoms with Crippen molar-refractivity contribution in [3.05, 3.63) is 42.0 Å². The number of aliphatic hydroxyl groups excluding tert-OH is 1. The van der Waals surface area contributed by atoms with Crippen molar-refractivity contribution in [2.45, 2.75) is 38.2 Å². The van der Waals surface area contributed by atoms with Crippen molar-refractivity contribution in [2.24, 2.45) is 5.92 Å². The van der Waals surface area contributed by atoms with Gasteiger partial charge in [0.2, 0.25) is 0 Å². The number of methoxy groups -OCH3 is 1. The molecule has 31 heavy (non-hydrogen) atoms. The number of benzene rings is 1. The monoisotopic (exact) mass is 426 g/mol. The number of hydrogen-bond donors (Lipinski definition) is 1. The van der Waals surface area contributed by atoms with Gasteiger partial charge in [-0.15, -0.1) is 0 Å². The molecular formula is C25H34N2O4. The molecule has 1 N–H and O–H groups in total.